The van der Waals surface area contributed by atoms with Gasteiger partial charge in [0.2, 0.25) is 0 Å². The second kappa shape index (κ2) is 6.60. The number of aryl methyl sites for hydroxylation is 1. The number of anilines is 1. The maximum absolute atomic E-state index is 4.29. The van der Waals surface area contributed by atoms with E-state index in [1.807, 2.05) is 12.4 Å². The highest BCUT2D eigenvalue weighted by Crippen LogP contribution is 2.39. The first-order valence-electron chi connectivity index (χ1n) is 8.52. The molecule has 20 heavy (non-hydrogen) atoms. The molecule has 0 bridgehead atoms. The molecule has 3 rings (SSSR count). The van der Waals surface area contributed by atoms with Gasteiger partial charge in [0.25, 0.3) is 0 Å². The molecule has 2 fully saturated rings. The minimum atomic E-state index is 0.676. The molecule has 1 aromatic heterocycles. The lowest BCUT2D eigenvalue weighted by molar-refractivity contribution is 0.180. The molecule has 1 heterocycles. The lowest BCUT2D eigenvalue weighted by Crippen LogP contribution is -2.37. The summed E-state index contributed by atoms with van der Waals surface area (Å²) in [7, 11) is 0. The minimum Gasteiger partial charge on any atom is -0.381 e. The molecule has 1 aromatic rings. The van der Waals surface area contributed by atoms with Gasteiger partial charge in [0.15, 0.2) is 0 Å². The average Bonchev–Trinajstić information content (AvgIpc) is 2.51. The lowest BCUT2D eigenvalue weighted by Gasteiger charge is -2.40. The molecule has 0 radical (unpaired) electrons. The summed E-state index contributed by atoms with van der Waals surface area (Å²) in [5.41, 5.74) is 2.58. The van der Waals surface area contributed by atoms with Gasteiger partial charge >= 0.3 is 0 Å². The second-order valence-corrected chi connectivity index (χ2v) is 6.79. The molecule has 110 valence electrons. The summed E-state index contributed by atoms with van der Waals surface area (Å²) in [6, 6.07) is 2.79. The summed E-state index contributed by atoms with van der Waals surface area (Å²) in [5.74, 6) is 1.86. The van der Waals surface area contributed by atoms with Gasteiger partial charge in [-0.15, -0.1) is 0 Å². The molecular weight excluding hydrogens is 244 g/mol. The molecule has 0 aliphatic heterocycles. The van der Waals surface area contributed by atoms with Crippen molar-refractivity contribution in [1.82, 2.24) is 4.98 Å². The van der Waals surface area contributed by atoms with E-state index in [0.29, 0.717) is 6.04 Å². The van der Waals surface area contributed by atoms with Crippen LogP contribution in [0.2, 0.25) is 0 Å². The molecule has 2 nitrogen and oxygen atoms in total. The second-order valence-electron chi connectivity index (χ2n) is 6.79. The van der Waals surface area contributed by atoms with Crippen LogP contribution in [0.1, 0.15) is 63.4 Å². The van der Waals surface area contributed by atoms with E-state index < -0.39 is 0 Å². The molecular formula is C18H28N2. The fourth-order valence-corrected chi connectivity index (χ4v) is 4.28. The SMILES string of the molecule is Cc1ccncc1NC1CCCCC1C1CCCCC1. The zero-order valence-electron chi connectivity index (χ0n) is 12.8. The van der Waals surface area contributed by atoms with Gasteiger partial charge in [0, 0.05) is 12.2 Å². The average molecular weight is 272 g/mol. The zero-order chi connectivity index (χ0) is 13.8. The van der Waals surface area contributed by atoms with Crippen molar-refractivity contribution in [2.75, 3.05) is 5.32 Å². The van der Waals surface area contributed by atoms with Crippen LogP contribution in [-0.2, 0) is 0 Å². The van der Waals surface area contributed by atoms with Crippen molar-refractivity contribution in [3.05, 3.63) is 24.0 Å². The van der Waals surface area contributed by atoms with Crippen molar-refractivity contribution < 1.29 is 0 Å². The highest BCUT2D eigenvalue weighted by Gasteiger charge is 2.32. The first-order chi connectivity index (χ1) is 9.84. The van der Waals surface area contributed by atoms with Gasteiger partial charge in [-0.25, -0.2) is 0 Å². The molecule has 2 aliphatic rings. The summed E-state index contributed by atoms with van der Waals surface area (Å²) in [6.07, 6.45) is 16.8. The van der Waals surface area contributed by atoms with Crippen LogP contribution >= 0.6 is 0 Å². The number of nitrogens with zero attached hydrogens (tertiary/aromatic N) is 1. The third-order valence-electron chi connectivity index (χ3n) is 5.45. The van der Waals surface area contributed by atoms with E-state index in [4.69, 9.17) is 0 Å². The Bertz CT molecular complexity index is 423. The standard InChI is InChI=1S/C18H28N2/c1-14-11-12-19-13-18(14)20-17-10-6-5-9-16(17)15-7-3-2-4-8-15/h11-13,15-17,20H,2-10H2,1H3. The molecule has 1 N–H and O–H groups in total. The van der Waals surface area contributed by atoms with Gasteiger partial charge in [-0.2, -0.15) is 0 Å². The summed E-state index contributed by atoms with van der Waals surface area (Å²) >= 11 is 0. The van der Waals surface area contributed by atoms with Crippen LogP contribution in [-0.4, -0.2) is 11.0 Å². The van der Waals surface area contributed by atoms with Crippen molar-refractivity contribution >= 4 is 5.69 Å². The Morgan fingerprint density at radius 2 is 1.75 bits per heavy atom. The Kier molecular flexibility index (Phi) is 4.59. The highest BCUT2D eigenvalue weighted by molar-refractivity contribution is 5.48. The third kappa shape index (κ3) is 3.16. The van der Waals surface area contributed by atoms with E-state index in [9.17, 15) is 0 Å². The van der Waals surface area contributed by atoms with E-state index in [-0.39, 0.29) is 0 Å². The highest BCUT2D eigenvalue weighted by atomic mass is 14.9. The Hall–Kier alpha value is -1.05. The molecule has 0 saturated heterocycles. The van der Waals surface area contributed by atoms with E-state index in [1.165, 1.54) is 69.0 Å². The maximum atomic E-state index is 4.29. The van der Waals surface area contributed by atoms with Crippen molar-refractivity contribution in [2.24, 2.45) is 11.8 Å². The third-order valence-corrected chi connectivity index (χ3v) is 5.45. The van der Waals surface area contributed by atoms with Crippen LogP contribution < -0.4 is 5.32 Å². The zero-order valence-corrected chi connectivity index (χ0v) is 12.8. The molecule has 2 atom stereocenters. The quantitative estimate of drug-likeness (QED) is 0.843. The van der Waals surface area contributed by atoms with Crippen molar-refractivity contribution in [1.29, 1.82) is 0 Å². The lowest BCUT2D eigenvalue weighted by atomic mass is 9.71. The van der Waals surface area contributed by atoms with E-state index in [2.05, 4.69) is 23.3 Å². The van der Waals surface area contributed by atoms with Crippen LogP contribution in [0.4, 0.5) is 5.69 Å². The number of hydrogen-bond donors (Lipinski definition) is 1. The van der Waals surface area contributed by atoms with Gasteiger partial charge in [0.1, 0.15) is 0 Å². The normalized spacial score (nSPS) is 28.2. The van der Waals surface area contributed by atoms with Crippen molar-refractivity contribution in [3.8, 4) is 0 Å². The smallest absolute Gasteiger partial charge is 0.0558 e. The predicted molar refractivity (Wildman–Crippen MR) is 84.9 cm³/mol. The summed E-state index contributed by atoms with van der Waals surface area (Å²) in [6.45, 7) is 2.18. The Morgan fingerprint density at radius 3 is 2.55 bits per heavy atom. The Balaban J connectivity index is 1.70. The summed E-state index contributed by atoms with van der Waals surface area (Å²) < 4.78 is 0. The number of aromatic nitrogens is 1. The van der Waals surface area contributed by atoms with E-state index >= 15 is 0 Å². The number of hydrogen-bond acceptors (Lipinski definition) is 2. The van der Waals surface area contributed by atoms with Crippen LogP contribution in [0.15, 0.2) is 18.5 Å². The number of rotatable bonds is 3. The molecule has 0 spiro atoms. The van der Waals surface area contributed by atoms with E-state index in [1.54, 1.807) is 0 Å². The molecule has 2 aliphatic carbocycles. The van der Waals surface area contributed by atoms with Gasteiger partial charge in [-0.3, -0.25) is 4.98 Å². The van der Waals surface area contributed by atoms with E-state index in [0.717, 1.165) is 11.8 Å². The van der Waals surface area contributed by atoms with Crippen LogP contribution in [0, 0.1) is 18.8 Å². The van der Waals surface area contributed by atoms with Gasteiger partial charge in [-0.1, -0.05) is 44.9 Å². The van der Waals surface area contributed by atoms with Gasteiger partial charge in [0.05, 0.1) is 11.9 Å². The first kappa shape index (κ1) is 13.9. The molecule has 0 aromatic carbocycles. The Labute approximate surface area is 123 Å². The van der Waals surface area contributed by atoms with Crippen LogP contribution in [0.5, 0.6) is 0 Å². The molecule has 2 heteroatoms. The van der Waals surface area contributed by atoms with Crippen molar-refractivity contribution in [2.45, 2.75) is 70.8 Å². The Morgan fingerprint density at radius 1 is 1.00 bits per heavy atom. The fraction of sp³-hybridized carbons (Fsp3) is 0.722. The van der Waals surface area contributed by atoms with Crippen LogP contribution in [0.3, 0.4) is 0 Å². The topological polar surface area (TPSA) is 24.9 Å². The molecule has 2 unspecified atom stereocenters. The van der Waals surface area contributed by atoms with Gasteiger partial charge in [-0.05, 0) is 43.2 Å². The number of nitrogens with one attached hydrogen (secondary N) is 1. The molecule has 0 amide bonds. The first-order valence-corrected chi connectivity index (χ1v) is 8.52. The number of pyridine rings is 1. The van der Waals surface area contributed by atoms with Crippen molar-refractivity contribution in [3.63, 3.8) is 0 Å². The summed E-state index contributed by atoms with van der Waals surface area (Å²) in [5, 5.41) is 3.83. The van der Waals surface area contributed by atoms with Crippen LogP contribution in [0.25, 0.3) is 0 Å². The maximum Gasteiger partial charge on any atom is 0.0558 e. The minimum absolute atomic E-state index is 0.676. The molecule has 2 saturated carbocycles. The summed E-state index contributed by atoms with van der Waals surface area (Å²) in [4.78, 5) is 4.29. The monoisotopic (exact) mass is 272 g/mol. The fourth-order valence-electron chi connectivity index (χ4n) is 4.28. The largest absolute Gasteiger partial charge is 0.381 e. The predicted octanol–water partition coefficient (Wildman–Crippen LogP) is 4.94. The van der Waals surface area contributed by atoms with Gasteiger partial charge < -0.3 is 5.32 Å².